The summed E-state index contributed by atoms with van der Waals surface area (Å²) in [5.41, 5.74) is -0.590. The molecule has 1 fully saturated rings. The Morgan fingerprint density at radius 1 is 1.50 bits per heavy atom. The van der Waals surface area contributed by atoms with Crippen LogP contribution in [0.5, 0.6) is 0 Å². The molecule has 5 nitrogen and oxygen atoms in total. The van der Waals surface area contributed by atoms with Crippen molar-refractivity contribution >= 4 is 11.9 Å². The molecule has 0 radical (unpaired) electrons. The Balaban J connectivity index is 2.45. The van der Waals surface area contributed by atoms with E-state index in [1.165, 1.54) is 0 Å². The standard InChI is InChI=1S/C9H16N2O3/c1-9(4-2-3-5-11-9)8(14)10-6-7(12)13/h11H,2-6H2,1H3,(H,10,14)(H,12,13). The van der Waals surface area contributed by atoms with E-state index in [1.54, 1.807) is 0 Å². The van der Waals surface area contributed by atoms with E-state index in [4.69, 9.17) is 5.11 Å². The van der Waals surface area contributed by atoms with Gasteiger partial charge < -0.3 is 15.7 Å². The van der Waals surface area contributed by atoms with E-state index in [1.807, 2.05) is 6.92 Å². The van der Waals surface area contributed by atoms with Gasteiger partial charge in [0, 0.05) is 0 Å². The minimum absolute atomic E-state index is 0.223. The molecule has 1 heterocycles. The van der Waals surface area contributed by atoms with Crippen molar-refractivity contribution in [3.63, 3.8) is 0 Å². The summed E-state index contributed by atoms with van der Waals surface area (Å²) >= 11 is 0. The van der Waals surface area contributed by atoms with Crippen LogP contribution in [0, 0.1) is 0 Å². The van der Waals surface area contributed by atoms with Crippen molar-refractivity contribution in [2.45, 2.75) is 31.7 Å². The molecule has 80 valence electrons. The van der Waals surface area contributed by atoms with Gasteiger partial charge in [-0.2, -0.15) is 0 Å². The summed E-state index contributed by atoms with van der Waals surface area (Å²) in [5, 5.41) is 13.9. The lowest BCUT2D eigenvalue weighted by Gasteiger charge is -2.33. The highest BCUT2D eigenvalue weighted by Crippen LogP contribution is 2.18. The molecule has 0 aromatic heterocycles. The fourth-order valence-electron chi connectivity index (χ4n) is 1.60. The highest BCUT2D eigenvalue weighted by Gasteiger charge is 2.34. The summed E-state index contributed by atoms with van der Waals surface area (Å²) in [7, 11) is 0. The number of aliphatic carboxylic acids is 1. The average molecular weight is 200 g/mol. The normalized spacial score (nSPS) is 26.9. The summed E-state index contributed by atoms with van der Waals surface area (Å²) < 4.78 is 0. The summed E-state index contributed by atoms with van der Waals surface area (Å²) in [6.45, 7) is 2.32. The molecule has 1 rings (SSSR count). The molecule has 5 heteroatoms. The van der Waals surface area contributed by atoms with Crippen molar-refractivity contribution < 1.29 is 14.7 Å². The zero-order chi connectivity index (χ0) is 10.6. The molecule has 1 atom stereocenters. The number of amides is 1. The maximum absolute atomic E-state index is 11.6. The van der Waals surface area contributed by atoms with Crippen molar-refractivity contribution in [1.82, 2.24) is 10.6 Å². The lowest BCUT2D eigenvalue weighted by molar-refractivity contribution is -0.139. The van der Waals surface area contributed by atoms with Crippen LogP contribution in [-0.2, 0) is 9.59 Å². The number of carboxylic acid groups (broad SMARTS) is 1. The number of hydrogen-bond acceptors (Lipinski definition) is 3. The summed E-state index contributed by atoms with van der Waals surface area (Å²) in [4.78, 5) is 21.8. The third kappa shape index (κ3) is 2.70. The zero-order valence-corrected chi connectivity index (χ0v) is 8.30. The highest BCUT2D eigenvalue weighted by molar-refractivity contribution is 5.88. The molecule has 0 spiro atoms. The predicted molar refractivity (Wildman–Crippen MR) is 50.9 cm³/mol. The molecule has 0 bridgehead atoms. The molecule has 3 N–H and O–H groups in total. The van der Waals surface area contributed by atoms with Crippen LogP contribution in [-0.4, -0.2) is 35.6 Å². The second-order valence-corrected chi connectivity index (χ2v) is 3.79. The van der Waals surface area contributed by atoms with Crippen LogP contribution >= 0.6 is 0 Å². The van der Waals surface area contributed by atoms with Crippen LogP contribution in [0.2, 0.25) is 0 Å². The lowest BCUT2D eigenvalue weighted by atomic mass is 9.90. The quantitative estimate of drug-likeness (QED) is 0.585. The minimum Gasteiger partial charge on any atom is -0.480 e. The molecule has 1 amide bonds. The first kappa shape index (κ1) is 11.0. The molecule has 1 unspecified atom stereocenters. The Hall–Kier alpha value is -1.10. The monoisotopic (exact) mass is 200 g/mol. The molecular weight excluding hydrogens is 184 g/mol. The van der Waals surface area contributed by atoms with Gasteiger partial charge in [-0.15, -0.1) is 0 Å². The van der Waals surface area contributed by atoms with Crippen molar-refractivity contribution in [3.8, 4) is 0 Å². The van der Waals surface area contributed by atoms with Crippen LogP contribution < -0.4 is 10.6 Å². The van der Waals surface area contributed by atoms with Gasteiger partial charge in [-0.3, -0.25) is 9.59 Å². The molecule has 0 aromatic rings. The maximum Gasteiger partial charge on any atom is 0.322 e. The lowest BCUT2D eigenvalue weighted by Crippen LogP contribution is -2.57. The number of carbonyl (C=O) groups excluding carboxylic acids is 1. The van der Waals surface area contributed by atoms with E-state index in [9.17, 15) is 9.59 Å². The predicted octanol–water partition coefficient (Wildman–Crippen LogP) is -0.281. The number of rotatable bonds is 3. The molecule has 1 saturated heterocycles. The molecular formula is C9H16N2O3. The average Bonchev–Trinajstić information content (AvgIpc) is 2.15. The van der Waals surface area contributed by atoms with Crippen LogP contribution in [0.15, 0.2) is 0 Å². The van der Waals surface area contributed by atoms with E-state index < -0.39 is 11.5 Å². The van der Waals surface area contributed by atoms with Gasteiger partial charge in [0.2, 0.25) is 5.91 Å². The van der Waals surface area contributed by atoms with Gasteiger partial charge in [-0.1, -0.05) is 0 Å². The highest BCUT2D eigenvalue weighted by atomic mass is 16.4. The summed E-state index contributed by atoms with van der Waals surface area (Å²) in [5.74, 6) is -1.24. The molecule has 0 saturated carbocycles. The van der Waals surface area contributed by atoms with Crippen LogP contribution in [0.1, 0.15) is 26.2 Å². The Morgan fingerprint density at radius 2 is 2.21 bits per heavy atom. The number of piperidine rings is 1. The molecule has 1 aliphatic rings. The van der Waals surface area contributed by atoms with Gasteiger partial charge in [-0.05, 0) is 32.7 Å². The first-order valence-corrected chi connectivity index (χ1v) is 4.80. The summed E-state index contributed by atoms with van der Waals surface area (Å²) in [6.07, 6.45) is 2.84. The van der Waals surface area contributed by atoms with Crippen LogP contribution in [0.25, 0.3) is 0 Å². The van der Waals surface area contributed by atoms with Crippen molar-refractivity contribution in [1.29, 1.82) is 0 Å². The fraction of sp³-hybridized carbons (Fsp3) is 0.778. The molecule has 0 aromatic carbocycles. The Bertz CT molecular complexity index is 234. The molecule has 0 aliphatic carbocycles. The smallest absolute Gasteiger partial charge is 0.322 e. The Morgan fingerprint density at radius 3 is 2.71 bits per heavy atom. The van der Waals surface area contributed by atoms with Crippen molar-refractivity contribution in [2.75, 3.05) is 13.1 Å². The number of carbonyl (C=O) groups is 2. The summed E-state index contributed by atoms with van der Waals surface area (Å²) in [6, 6.07) is 0. The van der Waals surface area contributed by atoms with Gasteiger partial charge in [0.15, 0.2) is 0 Å². The van der Waals surface area contributed by atoms with Crippen LogP contribution in [0.4, 0.5) is 0 Å². The van der Waals surface area contributed by atoms with Gasteiger partial charge in [0.25, 0.3) is 0 Å². The second-order valence-electron chi connectivity index (χ2n) is 3.79. The van der Waals surface area contributed by atoms with E-state index in [0.717, 1.165) is 25.8 Å². The topological polar surface area (TPSA) is 78.4 Å². The van der Waals surface area contributed by atoms with Crippen molar-refractivity contribution in [3.05, 3.63) is 0 Å². The first-order chi connectivity index (χ1) is 6.54. The minimum atomic E-state index is -1.02. The van der Waals surface area contributed by atoms with Crippen LogP contribution in [0.3, 0.4) is 0 Å². The van der Waals surface area contributed by atoms with Gasteiger partial charge >= 0.3 is 5.97 Å². The zero-order valence-electron chi connectivity index (χ0n) is 8.30. The molecule has 14 heavy (non-hydrogen) atoms. The third-order valence-corrected chi connectivity index (χ3v) is 2.52. The number of carboxylic acids is 1. The van der Waals surface area contributed by atoms with E-state index >= 15 is 0 Å². The van der Waals surface area contributed by atoms with Crippen molar-refractivity contribution in [2.24, 2.45) is 0 Å². The van der Waals surface area contributed by atoms with Gasteiger partial charge in [0.05, 0.1) is 5.54 Å². The fourth-order valence-corrected chi connectivity index (χ4v) is 1.60. The number of nitrogens with one attached hydrogen (secondary N) is 2. The van der Waals surface area contributed by atoms with E-state index in [0.29, 0.717) is 0 Å². The Kier molecular flexibility index (Phi) is 3.46. The van der Waals surface area contributed by atoms with E-state index in [-0.39, 0.29) is 12.5 Å². The largest absolute Gasteiger partial charge is 0.480 e. The number of hydrogen-bond donors (Lipinski definition) is 3. The third-order valence-electron chi connectivity index (χ3n) is 2.52. The SMILES string of the molecule is CC1(C(=O)NCC(=O)O)CCCCN1. The molecule has 1 aliphatic heterocycles. The van der Waals surface area contributed by atoms with Gasteiger partial charge in [-0.25, -0.2) is 0 Å². The second kappa shape index (κ2) is 4.41. The first-order valence-electron chi connectivity index (χ1n) is 4.80. The van der Waals surface area contributed by atoms with Gasteiger partial charge in [0.1, 0.15) is 6.54 Å². The van der Waals surface area contributed by atoms with E-state index in [2.05, 4.69) is 10.6 Å². The Labute approximate surface area is 82.9 Å². The maximum atomic E-state index is 11.6.